The van der Waals surface area contributed by atoms with Crippen molar-refractivity contribution < 1.29 is 14.3 Å². The summed E-state index contributed by atoms with van der Waals surface area (Å²) in [5.74, 6) is -1.17. The van der Waals surface area contributed by atoms with Gasteiger partial charge in [0.05, 0.1) is 29.6 Å². The average molecular weight is 438 g/mol. The molecule has 0 bridgehead atoms. The number of rotatable bonds is 9. The minimum Gasteiger partial charge on any atom is -0.466 e. The number of benzene rings is 1. The molecule has 0 aliphatic carbocycles. The number of fused-ring (bicyclic) bond motifs is 1. The summed E-state index contributed by atoms with van der Waals surface area (Å²) < 4.78 is 5.16. The van der Waals surface area contributed by atoms with Crippen LogP contribution in [0.3, 0.4) is 0 Å². The lowest BCUT2D eigenvalue weighted by Gasteiger charge is -2.33. The number of anilines is 1. The third-order valence-electron chi connectivity index (χ3n) is 5.74. The zero-order valence-electron chi connectivity index (χ0n) is 18.8. The van der Waals surface area contributed by atoms with E-state index in [1.807, 2.05) is 29.2 Å². The minimum absolute atomic E-state index is 0.142. The van der Waals surface area contributed by atoms with Gasteiger partial charge in [0.2, 0.25) is 5.91 Å². The van der Waals surface area contributed by atoms with E-state index in [0.717, 1.165) is 19.3 Å². The van der Waals surface area contributed by atoms with Crippen LogP contribution in [0.5, 0.6) is 0 Å². The number of piperidine rings is 1. The Hall–Kier alpha value is -3.21. The van der Waals surface area contributed by atoms with Gasteiger partial charge in [0, 0.05) is 19.6 Å². The van der Waals surface area contributed by atoms with E-state index in [0.29, 0.717) is 61.6 Å². The van der Waals surface area contributed by atoms with Crippen molar-refractivity contribution in [2.45, 2.75) is 51.9 Å². The highest BCUT2D eigenvalue weighted by Crippen LogP contribution is 2.30. The van der Waals surface area contributed by atoms with Crippen LogP contribution in [-0.2, 0) is 14.3 Å². The van der Waals surface area contributed by atoms with E-state index in [-0.39, 0.29) is 17.8 Å². The van der Waals surface area contributed by atoms with Crippen LogP contribution in [0.15, 0.2) is 24.3 Å². The largest absolute Gasteiger partial charge is 0.466 e. The van der Waals surface area contributed by atoms with Gasteiger partial charge in [-0.1, -0.05) is 31.9 Å². The molecular weight excluding hydrogens is 406 g/mol. The lowest BCUT2D eigenvalue weighted by molar-refractivity contribution is -0.148. The van der Waals surface area contributed by atoms with Crippen molar-refractivity contribution in [3.8, 4) is 6.07 Å². The predicted molar refractivity (Wildman–Crippen MR) is 122 cm³/mol. The maximum atomic E-state index is 12.8. The zero-order valence-corrected chi connectivity index (χ0v) is 18.8. The molecule has 1 aromatic carbocycles. The van der Waals surface area contributed by atoms with Crippen LogP contribution in [0.1, 0.15) is 57.6 Å². The van der Waals surface area contributed by atoms with Gasteiger partial charge in [0.15, 0.2) is 11.7 Å². The fraction of sp³-hybridized carbons (Fsp3) is 0.542. The first kappa shape index (κ1) is 23.5. The summed E-state index contributed by atoms with van der Waals surface area (Å²) in [5.41, 5.74) is 1.72. The summed E-state index contributed by atoms with van der Waals surface area (Å²) in [5, 5.41) is 12.7. The Kier molecular flexibility index (Phi) is 8.37. The molecule has 0 radical (unpaired) electrons. The van der Waals surface area contributed by atoms with Crippen LogP contribution >= 0.6 is 0 Å². The van der Waals surface area contributed by atoms with Crippen LogP contribution < -0.4 is 10.2 Å². The number of unbranched alkanes of at least 4 members (excludes halogenated alkanes) is 2. The first-order chi connectivity index (χ1) is 15.6. The van der Waals surface area contributed by atoms with Crippen molar-refractivity contribution >= 4 is 28.7 Å². The molecule has 1 amide bonds. The number of para-hydroxylation sites is 2. The fourth-order valence-electron chi connectivity index (χ4n) is 3.95. The standard InChI is InChI=1S/C24H31N5O3/c1-3-5-8-13-26-23(30)18(16-25)21-22(28-20-10-7-6-9-19(20)27-21)29-14-11-17(12-15-29)24(31)32-4-2/h6-7,9-10,17-18H,3-5,8,11-15H2,1-2H3,(H,26,30)/t18-/m1/s1. The Morgan fingerprint density at radius 2 is 1.88 bits per heavy atom. The number of esters is 1. The van der Waals surface area contributed by atoms with Gasteiger partial charge < -0.3 is 15.0 Å². The van der Waals surface area contributed by atoms with Gasteiger partial charge in [-0.25, -0.2) is 9.97 Å². The maximum absolute atomic E-state index is 12.8. The van der Waals surface area contributed by atoms with Crippen LogP contribution in [0.4, 0.5) is 5.82 Å². The van der Waals surface area contributed by atoms with Gasteiger partial charge in [-0.15, -0.1) is 0 Å². The second kappa shape index (κ2) is 11.4. The van der Waals surface area contributed by atoms with Crippen LogP contribution in [-0.4, -0.2) is 48.1 Å². The summed E-state index contributed by atoms with van der Waals surface area (Å²) >= 11 is 0. The Labute approximate surface area is 189 Å². The molecule has 1 N–H and O–H groups in total. The van der Waals surface area contributed by atoms with Crippen molar-refractivity contribution in [2.75, 3.05) is 31.1 Å². The molecule has 1 aliphatic heterocycles. The number of ether oxygens (including phenoxy) is 1. The Bertz CT molecular complexity index is 979. The van der Waals surface area contributed by atoms with E-state index in [9.17, 15) is 14.9 Å². The Balaban J connectivity index is 1.87. The number of amides is 1. The first-order valence-corrected chi connectivity index (χ1v) is 11.4. The lowest BCUT2D eigenvalue weighted by Crippen LogP contribution is -2.39. The molecule has 1 aromatic heterocycles. The molecule has 1 aliphatic rings. The van der Waals surface area contributed by atoms with Gasteiger partial charge in [-0.05, 0) is 38.3 Å². The molecule has 8 nitrogen and oxygen atoms in total. The molecule has 1 saturated heterocycles. The van der Waals surface area contributed by atoms with Crippen molar-refractivity contribution in [1.82, 2.24) is 15.3 Å². The summed E-state index contributed by atoms with van der Waals surface area (Å²) in [6.45, 7) is 5.98. The van der Waals surface area contributed by atoms with Gasteiger partial charge >= 0.3 is 5.97 Å². The highest BCUT2D eigenvalue weighted by atomic mass is 16.5. The number of nitrogens with one attached hydrogen (secondary N) is 1. The molecular formula is C24H31N5O3. The first-order valence-electron chi connectivity index (χ1n) is 11.4. The number of nitriles is 1. The molecule has 0 spiro atoms. The summed E-state index contributed by atoms with van der Waals surface area (Å²) in [6.07, 6.45) is 4.21. The molecule has 2 aromatic rings. The van der Waals surface area contributed by atoms with Crippen molar-refractivity contribution in [2.24, 2.45) is 5.92 Å². The highest BCUT2D eigenvalue weighted by Gasteiger charge is 2.32. The number of carbonyl (C=O) groups is 2. The second-order valence-corrected chi connectivity index (χ2v) is 7.99. The van der Waals surface area contributed by atoms with Gasteiger partial charge in [-0.2, -0.15) is 5.26 Å². The Morgan fingerprint density at radius 1 is 1.19 bits per heavy atom. The van der Waals surface area contributed by atoms with Crippen molar-refractivity contribution in [1.29, 1.82) is 5.26 Å². The zero-order chi connectivity index (χ0) is 22.9. The number of carbonyl (C=O) groups excluding carboxylic acids is 2. The van der Waals surface area contributed by atoms with E-state index in [1.54, 1.807) is 6.92 Å². The molecule has 170 valence electrons. The van der Waals surface area contributed by atoms with E-state index in [1.165, 1.54) is 0 Å². The quantitative estimate of drug-likeness (QED) is 0.473. The van der Waals surface area contributed by atoms with Crippen molar-refractivity contribution in [3.05, 3.63) is 30.0 Å². The summed E-state index contributed by atoms with van der Waals surface area (Å²) in [6, 6.07) is 9.57. The molecule has 32 heavy (non-hydrogen) atoms. The van der Waals surface area contributed by atoms with Crippen LogP contribution in [0.25, 0.3) is 11.0 Å². The van der Waals surface area contributed by atoms with Gasteiger partial charge in [-0.3, -0.25) is 9.59 Å². The smallest absolute Gasteiger partial charge is 0.309 e. The van der Waals surface area contributed by atoms with Gasteiger partial charge in [0.1, 0.15) is 5.69 Å². The summed E-state index contributed by atoms with van der Waals surface area (Å²) in [7, 11) is 0. The topological polar surface area (TPSA) is 108 Å². The number of hydrogen-bond acceptors (Lipinski definition) is 7. The Morgan fingerprint density at radius 3 is 2.50 bits per heavy atom. The summed E-state index contributed by atoms with van der Waals surface area (Å²) in [4.78, 5) is 36.5. The van der Waals surface area contributed by atoms with Gasteiger partial charge in [0.25, 0.3) is 0 Å². The third kappa shape index (κ3) is 5.52. The van der Waals surface area contributed by atoms with Crippen LogP contribution in [0.2, 0.25) is 0 Å². The number of nitrogens with zero attached hydrogens (tertiary/aromatic N) is 4. The molecule has 1 atom stereocenters. The third-order valence-corrected chi connectivity index (χ3v) is 5.74. The fourth-order valence-corrected chi connectivity index (χ4v) is 3.95. The highest BCUT2D eigenvalue weighted by molar-refractivity contribution is 5.88. The van der Waals surface area contributed by atoms with Crippen molar-refractivity contribution in [3.63, 3.8) is 0 Å². The molecule has 0 unspecified atom stereocenters. The molecule has 3 rings (SSSR count). The van der Waals surface area contributed by atoms with E-state index in [4.69, 9.17) is 14.7 Å². The number of hydrogen-bond donors (Lipinski definition) is 1. The molecule has 1 fully saturated rings. The number of aromatic nitrogens is 2. The molecule has 8 heteroatoms. The SMILES string of the molecule is CCCCCNC(=O)[C@H](C#N)c1nc2ccccc2nc1N1CCC(C(=O)OCC)CC1. The predicted octanol–water partition coefficient (Wildman–Crippen LogP) is 3.32. The molecule has 0 saturated carbocycles. The molecule has 2 heterocycles. The maximum Gasteiger partial charge on any atom is 0.309 e. The second-order valence-electron chi connectivity index (χ2n) is 7.99. The van der Waals surface area contributed by atoms with E-state index < -0.39 is 5.92 Å². The lowest BCUT2D eigenvalue weighted by atomic mass is 9.96. The van der Waals surface area contributed by atoms with Crippen LogP contribution in [0, 0.1) is 17.2 Å². The van der Waals surface area contributed by atoms with E-state index >= 15 is 0 Å². The monoisotopic (exact) mass is 437 g/mol. The minimum atomic E-state index is -1.05. The average Bonchev–Trinajstić information content (AvgIpc) is 2.82. The normalized spacial score (nSPS) is 15.2. The van der Waals surface area contributed by atoms with E-state index in [2.05, 4.69) is 18.3 Å².